The largest absolute Gasteiger partial charge is 0.349 e. The van der Waals surface area contributed by atoms with Gasteiger partial charge in [-0.05, 0) is 43.0 Å². The SMILES string of the molecule is [C-]#[N+]c1c(C)nc(N2C3CCC2CNC3)nc1Nc1ccc2c(c1)C=NC2. The lowest BCUT2D eigenvalue weighted by Crippen LogP contribution is -2.52. The quantitative estimate of drug-likeness (QED) is 0.825. The maximum atomic E-state index is 7.58. The van der Waals surface area contributed by atoms with Gasteiger partial charge in [0.05, 0.1) is 18.8 Å². The van der Waals surface area contributed by atoms with Gasteiger partial charge in [0.1, 0.15) is 5.82 Å². The lowest BCUT2D eigenvalue weighted by atomic mass is 10.1. The fourth-order valence-corrected chi connectivity index (χ4v) is 4.31. The normalized spacial score (nSPS) is 22.6. The van der Waals surface area contributed by atoms with E-state index in [9.17, 15) is 0 Å². The van der Waals surface area contributed by atoms with E-state index in [1.54, 1.807) is 0 Å². The predicted molar refractivity (Wildman–Crippen MR) is 106 cm³/mol. The van der Waals surface area contributed by atoms with E-state index in [1.165, 1.54) is 5.56 Å². The Kier molecular flexibility index (Phi) is 3.80. The Balaban J connectivity index is 1.52. The molecule has 1 aromatic carbocycles. The van der Waals surface area contributed by atoms with Gasteiger partial charge in [-0.2, -0.15) is 0 Å². The summed E-state index contributed by atoms with van der Waals surface area (Å²) < 4.78 is 0. The molecule has 2 aromatic rings. The molecule has 2 bridgehead atoms. The first kappa shape index (κ1) is 16.2. The highest BCUT2D eigenvalue weighted by Crippen LogP contribution is 2.35. The van der Waals surface area contributed by atoms with Crippen molar-refractivity contribution in [2.45, 2.75) is 38.4 Å². The van der Waals surface area contributed by atoms with Gasteiger partial charge in [-0.15, -0.1) is 0 Å². The molecule has 136 valence electrons. The van der Waals surface area contributed by atoms with Gasteiger partial charge in [-0.25, -0.2) is 14.8 Å². The molecule has 0 saturated carbocycles. The molecule has 5 rings (SSSR count). The molecule has 2 N–H and O–H groups in total. The molecule has 2 atom stereocenters. The first-order valence-electron chi connectivity index (χ1n) is 9.38. The van der Waals surface area contributed by atoms with E-state index < -0.39 is 0 Å². The zero-order chi connectivity index (χ0) is 18.4. The second-order valence-corrected chi connectivity index (χ2v) is 7.38. The standard InChI is InChI=1S/C20H21N7/c1-12-18(21-2)19(25-15-4-3-13-8-22-9-14(13)7-15)26-20(24-12)27-16-5-6-17(27)11-23-10-16/h3-4,7,9,16-17,23H,5-6,8,10-11H2,1H3,(H,24,25,26). The van der Waals surface area contributed by atoms with Crippen molar-refractivity contribution in [2.75, 3.05) is 23.3 Å². The van der Waals surface area contributed by atoms with Crippen molar-refractivity contribution in [3.63, 3.8) is 0 Å². The van der Waals surface area contributed by atoms with Gasteiger partial charge in [0.15, 0.2) is 0 Å². The summed E-state index contributed by atoms with van der Waals surface area (Å²) >= 11 is 0. The molecule has 7 nitrogen and oxygen atoms in total. The van der Waals surface area contributed by atoms with Crippen molar-refractivity contribution >= 4 is 29.4 Å². The minimum absolute atomic E-state index is 0.436. The van der Waals surface area contributed by atoms with Crippen LogP contribution in [0.25, 0.3) is 4.85 Å². The lowest BCUT2D eigenvalue weighted by molar-refractivity contribution is 0.477. The van der Waals surface area contributed by atoms with Crippen LogP contribution in [-0.4, -0.2) is 41.4 Å². The van der Waals surface area contributed by atoms with E-state index in [0.29, 0.717) is 23.6 Å². The molecule has 4 heterocycles. The summed E-state index contributed by atoms with van der Waals surface area (Å²) in [5.41, 5.74) is 4.46. The van der Waals surface area contributed by atoms with Gasteiger partial charge in [0, 0.05) is 37.1 Å². The van der Waals surface area contributed by atoms with Gasteiger partial charge in [0.2, 0.25) is 11.6 Å². The number of nitrogens with zero attached hydrogens (tertiary/aromatic N) is 5. The third-order valence-corrected chi connectivity index (χ3v) is 5.67. The Morgan fingerprint density at radius 3 is 2.81 bits per heavy atom. The average molecular weight is 359 g/mol. The van der Waals surface area contributed by atoms with Crippen molar-refractivity contribution in [1.82, 2.24) is 15.3 Å². The number of fused-ring (bicyclic) bond motifs is 3. The second-order valence-electron chi connectivity index (χ2n) is 7.38. The lowest BCUT2D eigenvalue weighted by Gasteiger charge is -2.35. The van der Waals surface area contributed by atoms with E-state index in [2.05, 4.69) is 42.5 Å². The molecule has 0 radical (unpaired) electrons. The van der Waals surface area contributed by atoms with Gasteiger partial charge < -0.3 is 15.5 Å². The van der Waals surface area contributed by atoms with E-state index in [1.807, 2.05) is 19.2 Å². The summed E-state index contributed by atoms with van der Waals surface area (Å²) in [6.07, 6.45) is 4.22. The smallest absolute Gasteiger partial charge is 0.249 e. The van der Waals surface area contributed by atoms with Crippen molar-refractivity contribution in [3.05, 3.63) is 46.4 Å². The number of nitrogens with one attached hydrogen (secondary N) is 2. The minimum Gasteiger partial charge on any atom is -0.349 e. The summed E-state index contributed by atoms with van der Waals surface area (Å²) in [6, 6.07) is 7.03. The number of aliphatic imine (C=N–C) groups is 1. The van der Waals surface area contributed by atoms with E-state index >= 15 is 0 Å². The van der Waals surface area contributed by atoms with Crippen LogP contribution in [0, 0.1) is 13.5 Å². The number of rotatable bonds is 3. The number of piperazine rings is 1. The van der Waals surface area contributed by atoms with Crippen LogP contribution in [0.5, 0.6) is 0 Å². The van der Waals surface area contributed by atoms with Gasteiger partial charge in [0.25, 0.3) is 0 Å². The van der Waals surface area contributed by atoms with Gasteiger partial charge in [-0.1, -0.05) is 6.07 Å². The number of aromatic nitrogens is 2. The van der Waals surface area contributed by atoms with Crippen molar-refractivity contribution in [1.29, 1.82) is 0 Å². The van der Waals surface area contributed by atoms with Crippen LogP contribution in [0.3, 0.4) is 0 Å². The first-order valence-corrected chi connectivity index (χ1v) is 9.38. The van der Waals surface area contributed by atoms with Crippen molar-refractivity contribution in [2.24, 2.45) is 4.99 Å². The summed E-state index contributed by atoms with van der Waals surface area (Å²) in [4.78, 5) is 19.8. The Bertz CT molecular complexity index is 959. The summed E-state index contributed by atoms with van der Waals surface area (Å²) in [7, 11) is 0. The number of anilines is 3. The number of aryl methyl sites for hydroxylation is 1. The first-order chi connectivity index (χ1) is 13.2. The Hall–Kier alpha value is -2.98. The molecule has 2 saturated heterocycles. The minimum atomic E-state index is 0.436. The number of hydrogen-bond donors (Lipinski definition) is 2. The maximum Gasteiger partial charge on any atom is 0.249 e. The topological polar surface area (TPSA) is 69.8 Å². The van der Waals surface area contributed by atoms with Crippen LogP contribution < -0.4 is 15.5 Å². The van der Waals surface area contributed by atoms with Gasteiger partial charge >= 0.3 is 0 Å². The molecule has 2 fully saturated rings. The second kappa shape index (κ2) is 6.32. The molecule has 27 heavy (non-hydrogen) atoms. The Morgan fingerprint density at radius 2 is 2.04 bits per heavy atom. The zero-order valence-corrected chi connectivity index (χ0v) is 15.2. The molecular weight excluding hydrogens is 338 g/mol. The van der Waals surface area contributed by atoms with E-state index in [-0.39, 0.29) is 0 Å². The summed E-state index contributed by atoms with van der Waals surface area (Å²) in [5.74, 6) is 1.32. The maximum absolute atomic E-state index is 7.58. The monoisotopic (exact) mass is 359 g/mol. The van der Waals surface area contributed by atoms with Crippen molar-refractivity contribution in [3.8, 4) is 0 Å². The molecule has 1 aromatic heterocycles. The van der Waals surface area contributed by atoms with Crippen molar-refractivity contribution < 1.29 is 0 Å². The highest BCUT2D eigenvalue weighted by atomic mass is 15.4. The molecule has 2 unspecified atom stereocenters. The van der Waals surface area contributed by atoms with Crippen LogP contribution >= 0.6 is 0 Å². The zero-order valence-electron chi connectivity index (χ0n) is 15.2. The van der Waals surface area contributed by atoms with Crippen LogP contribution in [0.2, 0.25) is 0 Å². The number of benzene rings is 1. The third kappa shape index (κ3) is 2.73. The van der Waals surface area contributed by atoms with E-state index in [0.717, 1.165) is 55.4 Å². The van der Waals surface area contributed by atoms with Gasteiger partial charge in [-0.3, -0.25) is 4.99 Å². The molecule has 0 aliphatic carbocycles. The predicted octanol–water partition coefficient (Wildman–Crippen LogP) is 2.95. The van der Waals surface area contributed by atoms with Crippen LogP contribution in [0.4, 0.5) is 23.1 Å². The average Bonchev–Trinajstić information content (AvgIpc) is 3.22. The molecule has 0 spiro atoms. The molecule has 3 aliphatic rings. The Morgan fingerprint density at radius 1 is 1.22 bits per heavy atom. The fourth-order valence-electron chi connectivity index (χ4n) is 4.31. The summed E-state index contributed by atoms with van der Waals surface area (Å²) in [6.45, 7) is 12.2. The molecule has 3 aliphatic heterocycles. The van der Waals surface area contributed by atoms with Crippen LogP contribution in [0.15, 0.2) is 23.2 Å². The third-order valence-electron chi connectivity index (χ3n) is 5.67. The van der Waals surface area contributed by atoms with Crippen LogP contribution in [-0.2, 0) is 6.54 Å². The summed E-state index contributed by atoms with van der Waals surface area (Å²) in [5, 5.41) is 6.84. The molecule has 7 heteroatoms. The number of hydrogen-bond acceptors (Lipinski definition) is 6. The van der Waals surface area contributed by atoms with E-state index in [4.69, 9.17) is 11.6 Å². The fraction of sp³-hybridized carbons (Fsp3) is 0.400. The molecule has 0 amide bonds. The Labute approximate surface area is 158 Å². The van der Waals surface area contributed by atoms with Crippen LogP contribution in [0.1, 0.15) is 29.7 Å². The highest BCUT2D eigenvalue weighted by molar-refractivity contribution is 5.87. The molecular formula is C20H21N7. The highest BCUT2D eigenvalue weighted by Gasteiger charge is 2.38.